The topological polar surface area (TPSA) is 89.0 Å². The summed E-state index contributed by atoms with van der Waals surface area (Å²) in [5, 5.41) is 12.7. The number of benzene rings is 3. The van der Waals surface area contributed by atoms with Gasteiger partial charge in [0.25, 0.3) is 5.78 Å². The van der Waals surface area contributed by atoms with Crippen molar-refractivity contribution in [1.82, 2.24) is 4.98 Å². The zero-order valence-corrected chi connectivity index (χ0v) is 21.8. The van der Waals surface area contributed by atoms with Gasteiger partial charge in [-0.05, 0) is 54.1 Å². The van der Waals surface area contributed by atoms with Crippen LogP contribution in [0.4, 0.5) is 5.13 Å². The van der Waals surface area contributed by atoms with Crippen molar-refractivity contribution in [3.05, 3.63) is 86.4 Å². The highest BCUT2D eigenvalue weighted by Gasteiger charge is 2.48. The summed E-state index contributed by atoms with van der Waals surface area (Å²) in [6.45, 7) is 0.765. The van der Waals surface area contributed by atoms with E-state index in [1.807, 2.05) is 0 Å². The Morgan fingerprint density at radius 1 is 0.946 bits per heavy atom. The van der Waals surface area contributed by atoms with Gasteiger partial charge in [0.1, 0.15) is 19.0 Å². The molecule has 1 aromatic heterocycles. The number of aromatic nitrogens is 1. The number of fused-ring (bicyclic) bond motifs is 2. The summed E-state index contributed by atoms with van der Waals surface area (Å²) < 4.78 is 11.9. The molecule has 3 heterocycles. The molecule has 7 nitrogen and oxygen atoms in total. The number of hydrogen-bond donors (Lipinski definition) is 1. The molecule has 186 valence electrons. The number of aliphatic hydroxyl groups is 1. The number of ketones is 1. The SMILES string of the molecule is O=C1C(=O)N(c2nc3ccc(Cl)cc3s2)[C@H](c2ccc(Cl)c(Cl)c2)/C1=C(\O)c1ccc2c(c1)OCCO2. The van der Waals surface area contributed by atoms with Crippen LogP contribution in [0.2, 0.25) is 15.1 Å². The summed E-state index contributed by atoms with van der Waals surface area (Å²) in [4.78, 5) is 32.7. The Morgan fingerprint density at radius 3 is 2.51 bits per heavy atom. The van der Waals surface area contributed by atoms with E-state index < -0.39 is 17.7 Å². The standard InChI is InChI=1S/C26H15Cl3N2O5S/c27-14-3-5-17-20(11-14)37-26(30-17)31-22(12-1-4-15(28)16(29)9-12)21(24(33)25(31)34)23(32)13-2-6-18-19(10-13)36-8-7-35-18/h1-6,9-11,22,32H,7-8H2/b23-21+/t22-/m1/s1. The van der Waals surface area contributed by atoms with E-state index in [0.29, 0.717) is 51.4 Å². The third-order valence-electron chi connectivity index (χ3n) is 6.06. The molecule has 3 aromatic carbocycles. The minimum Gasteiger partial charge on any atom is -0.507 e. The number of rotatable bonds is 3. The quantitative estimate of drug-likeness (QED) is 0.168. The number of amides is 1. The maximum absolute atomic E-state index is 13.4. The first-order valence-corrected chi connectivity index (χ1v) is 13.0. The zero-order chi connectivity index (χ0) is 25.8. The number of carbonyl (C=O) groups excluding carboxylic acids is 2. The van der Waals surface area contributed by atoms with Crippen LogP contribution in [0.25, 0.3) is 16.0 Å². The molecular formula is C26H15Cl3N2O5S. The largest absolute Gasteiger partial charge is 0.507 e. The fourth-order valence-electron chi connectivity index (χ4n) is 4.36. The average Bonchev–Trinajstić information content (AvgIpc) is 3.42. The molecule has 6 rings (SSSR count). The summed E-state index contributed by atoms with van der Waals surface area (Å²) >= 11 is 19.8. The van der Waals surface area contributed by atoms with Gasteiger partial charge < -0.3 is 14.6 Å². The average molecular weight is 574 g/mol. The first-order valence-electron chi connectivity index (χ1n) is 11.0. The highest BCUT2D eigenvalue weighted by atomic mass is 35.5. The molecule has 0 unspecified atom stereocenters. The molecule has 1 amide bonds. The molecule has 11 heteroatoms. The number of halogens is 3. The van der Waals surface area contributed by atoms with Gasteiger partial charge in [0, 0.05) is 10.6 Å². The predicted molar refractivity (Wildman–Crippen MR) is 143 cm³/mol. The van der Waals surface area contributed by atoms with Crippen molar-refractivity contribution < 1.29 is 24.2 Å². The maximum Gasteiger partial charge on any atom is 0.301 e. The predicted octanol–water partition coefficient (Wildman–Crippen LogP) is 6.65. The van der Waals surface area contributed by atoms with Gasteiger partial charge in [-0.2, -0.15) is 0 Å². The number of thiazole rings is 1. The molecule has 0 saturated carbocycles. The van der Waals surface area contributed by atoms with Gasteiger partial charge in [0.05, 0.1) is 31.9 Å². The van der Waals surface area contributed by atoms with E-state index in [-0.39, 0.29) is 21.5 Å². The number of aliphatic hydroxyl groups excluding tert-OH is 1. The van der Waals surface area contributed by atoms with Crippen molar-refractivity contribution in [2.45, 2.75) is 6.04 Å². The number of hydrogen-bond acceptors (Lipinski definition) is 7. The molecule has 0 aliphatic carbocycles. The highest BCUT2D eigenvalue weighted by Crippen LogP contribution is 2.46. The molecule has 1 fully saturated rings. The van der Waals surface area contributed by atoms with Gasteiger partial charge in [-0.1, -0.05) is 52.2 Å². The number of nitrogens with zero attached hydrogens (tertiary/aromatic N) is 2. The third-order valence-corrected chi connectivity index (χ3v) is 8.06. The minimum absolute atomic E-state index is 0.114. The molecule has 0 bridgehead atoms. The number of Topliss-reactive ketones (excluding diaryl/α,β-unsaturated/α-hetero) is 1. The van der Waals surface area contributed by atoms with Crippen molar-refractivity contribution in [1.29, 1.82) is 0 Å². The molecule has 4 aromatic rings. The van der Waals surface area contributed by atoms with Crippen LogP contribution in [-0.2, 0) is 9.59 Å². The van der Waals surface area contributed by atoms with E-state index in [4.69, 9.17) is 44.3 Å². The Labute approximate surface area is 229 Å². The molecule has 1 N–H and O–H groups in total. The maximum atomic E-state index is 13.4. The fraction of sp³-hybridized carbons (Fsp3) is 0.115. The molecule has 0 spiro atoms. The summed E-state index contributed by atoms with van der Waals surface area (Å²) in [6.07, 6.45) is 0. The lowest BCUT2D eigenvalue weighted by Crippen LogP contribution is -2.29. The summed E-state index contributed by atoms with van der Waals surface area (Å²) in [6, 6.07) is 13.7. The number of ether oxygens (including phenoxy) is 2. The lowest BCUT2D eigenvalue weighted by atomic mass is 9.95. The Morgan fingerprint density at radius 2 is 1.73 bits per heavy atom. The number of anilines is 1. The van der Waals surface area contributed by atoms with E-state index in [1.165, 1.54) is 16.2 Å². The second kappa shape index (κ2) is 9.22. The van der Waals surface area contributed by atoms with Crippen LogP contribution in [-0.4, -0.2) is 35.0 Å². The molecule has 37 heavy (non-hydrogen) atoms. The van der Waals surface area contributed by atoms with Crippen LogP contribution < -0.4 is 14.4 Å². The van der Waals surface area contributed by atoms with Gasteiger partial charge in [0.15, 0.2) is 16.6 Å². The second-order valence-corrected chi connectivity index (χ2v) is 10.6. The van der Waals surface area contributed by atoms with E-state index in [0.717, 1.165) is 4.70 Å². The molecule has 1 atom stereocenters. The fourth-order valence-corrected chi connectivity index (χ4v) is 5.94. The second-order valence-electron chi connectivity index (χ2n) is 8.31. The Kier molecular flexibility index (Phi) is 6.00. The summed E-state index contributed by atoms with van der Waals surface area (Å²) in [5.41, 5.74) is 1.27. The lowest BCUT2D eigenvalue weighted by molar-refractivity contribution is -0.132. The molecule has 1 saturated heterocycles. The molecular weight excluding hydrogens is 559 g/mol. The van der Waals surface area contributed by atoms with Crippen LogP contribution in [0.3, 0.4) is 0 Å². The van der Waals surface area contributed by atoms with Crippen molar-refractivity contribution in [2.24, 2.45) is 0 Å². The van der Waals surface area contributed by atoms with Crippen molar-refractivity contribution in [3.63, 3.8) is 0 Å². The van der Waals surface area contributed by atoms with E-state index in [9.17, 15) is 14.7 Å². The van der Waals surface area contributed by atoms with Gasteiger partial charge in [-0.3, -0.25) is 14.5 Å². The Bertz CT molecular complexity index is 1650. The third kappa shape index (κ3) is 4.10. The first-order chi connectivity index (χ1) is 17.8. The van der Waals surface area contributed by atoms with Gasteiger partial charge in [-0.25, -0.2) is 4.98 Å². The van der Waals surface area contributed by atoms with Crippen molar-refractivity contribution >= 4 is 78.9 Å². The van der Waals surface area contributed by atoms with Crippen LogP contribution >= 0.6 is 46.1 Å². The minimum atomic E-state index is -1.01. The van der Waals surface area contributed by atoms with Crippen molar-refractivity contribution in [3.8, 4) is 11.5 Å². The smallest absolute Gasteiger partial charge is 0.301 e. The van der Waals surface area contributed by atoms with Crippen LogP contribution in [0, 0.1) is 0 Å². The van der Waals surface area contributed by atoms with E-state index in [1.54, 1.807) is 54.6 Å². The normalized spacial score (nSPS) is 18.6. The van der Waals surface area contributed by atoms with Crippen LogP contribution in [0.15, 0.2) is 60.2 Å². The zero-order valence-electron chi connectivity index (χ0n) is 18.7. The Balaban J connectivity index is 1.55. The number of carbonyl (C=O) groups is 2. The van der Waals surface area contributed by atoms with Gasteiger partial charge >= 0.3 is 5.91 Å². The molecule has 2 aliphatic rings. The Hall–Kier alpha value is -3.30. The molecule has 2 aliphatic heterocycles. The van der Waals surface area contributed by atoms with Crippen molar-refractivity contribution in [2.75, 3.05) is 18.1 Å². The van der Waals surface area contributed by atoms with Crippen LogP contribution in [0.1, 0.15) is 17.2 Å². The van der Waals surface area contributed by atoms with Crippen LogP contribution in [0.5, 0.6) is 11.5 Å². The molecule has 0 radical (unpaired) electrons. The van der Waals surface area contributed by atoms with E-state index >= 15 is 0 Å². The van der Waals surface area contributed by atoms with E-state index in [2.05, 4.69) is 4.98 Å². The summed E-state index contributed by atoms with van der Waals surface area (Å²) in [5.74, 6) is -1.10. The van der Waals surface area contributed by atoms with Gasteiger partial charge in [-0.15, -0.1) is 0 Å². The summed E-state index contributed by atoms with van der Waals surface area (Å²) in [7, 11) is 0. The lowest BCUT2D eigenvalue weighted by Gasteiger charge is -2.23. The van der Waals surface area contributed by atoms with Gasteiger partial charge in [0.2, 0.25) is 0 Å². The highest BCUT2D eigenvalue weighted by molar-refractivity contribution is 7.22. The monoisotopic (exact) mass is 572 g/mol. The first kappa shape index (κ1) is 24.1.